The molecule has 2 fully saturated rings. The molecule has 3 atom stereocenters. The summed E-state index contributed by atoms with van der Waals surface area (Å²) < 4.78 is 23.3. The van der Waals surface area contributed by atoms with Gasteiger partial charge < -0.3 is 38.8 Å². The Morgan fingerprint density at radius 2 is 1.42 bits per heavy atom. The van der Waals surface area contributed by atoms with Crippen molar-refractivity contribution in [2.45, 2.75) is 50.4 Å². The molecule has 4 aliphatic heterocycles. The minimum atomic E-state index is -0.862. The number of hydrogen-bond donors (Lipinski definition) is 1. The topological polar surface area (TPSA) is 113 Å². The van der Waals surface area contributed by atoms with E-state index in [1.165, 1.54) is 0 Å². The van der Waals surface area contributed by atoms with Crippen LogP contribution in [0.25, 0.3) is 0 Å². The molecule has 0 aliphatic carbocycles. The number of rotatable bonds is 10. The first kappa shape index (κ1) is 30.5. The SMILES string of the molecule is C=C1CC2C=Nc3cc(OCCCCCOc4cc5c(cc4OC)C(=O)N4CC(=C)C[C@H]4[C@H](O)N5C)c(OC)cc3C(=O)N2C1. The number of amides is 2. The van der Waals surface area contributed by atoms with Gasteiger partial charge in [-0.2, -0.15) is 0 Å². The van der Waals surface area contributed by atoms with Crippen LogP contribution >= 0.6 is 0 Å². The number of benzene rings is 2. The zero-order chi connectivity index (χ0) is 31.8. The molecule has 2 aromatic rings. The third-order valence-electron chi connectivity index (χ3n) is 8.94. The third kappa shape index (κ3) is 5.72. The van der Waals surface area contributed by atoms with E-state index in [4.69, 9.17) is 18.9 Å². The molecule has 1 N–H and O–H groups in total. The summed E-state index contributed by atoms with van der Waals surface area (Å²) in [6, 6.07) is 6.52. The van der Waals surface area contributed by atoms with Gasteiger partial charge in [0.05, 0.1) is 62.0 Å². The Morgan fingerprint density at radius 3 is 2.11 bits per heavy atom. The van der Waals surface area contributed by atoms with Gasteiger partial charge in [0.15, 0.2) is 23.0 Å². The minimum absolute atomic E-state index is 0.0747. The van der Waals surface area contributed by atoms with Crippen molar-refractivity contribution in [3.05, 3.63) is 59.7 Å². The lowest BCUT2D eigenvalue weighted by Gasteiger charge is -2.30. The van der Waals surface area contributed by atoms with Crippen LogP contribution in [-0.2, 0) is 0 Å². The second-order valence-electron chi connectivity index (χ2n) is 12.0. The monoisotopic (exact) mass is 616 g/mol. The van der Waals surface area contributed by atoms with Gasteiger partial charge in [0.1, 0.15) is 6.23 Å². The zero-order valence-corrected chi connectivity index (χ0v) is 26.1. The Labute approximate surface area is 263 Å². The lowest BCUT2D eigenvalue weighted by atomic mass is 10.1. The van der Waals surface area contributed by atoms with E-state index in [2.05, 4.69) is 18.2 Å². The fourth-order valence-corrected chi connectivity index (χ4v) is 6.51. The summed E-state index contributed by atoms with van der Waals surface area (Å²) in [6.45, 7) is 9.91. The van der Waals surface area contributed by atoms with Crippen LogP contribution in [-0.4, -0.2) is 98.8 Å². The van der Waals surface area contributed by atoms with Gasteiger partial charge >= 0.3 is 0 Å². The predicted octanol–water partition coefficient (Wildman–Crippen LogP) is 4.36. The fourth-order valence-electron chi connectivity index (χ4n) is 6.51. The first-order valence-electron chi connectivity index (χ1n) is 15.3. The molecular formula is C34H40N4O7. The molecular weight excluding hydrogens is 576 g/mol. The van der Waals surface area contributed by atoms with Gasteiger partial charge in [-0.25, -0.2) is 0 Å². The van der Waals surface area contributed by atoms with Crippen LogP contribution in [0.3, 0.4) is 0 Å². The predicted molar refractivity (Wildman–Crippen MR) is 171 cm³/mol. The number of unbranched alkanes of at least 4 members (excludes halogenated alkanes) is 2. The molecule has 2 aromatic carbocycles. The molecule has 2 amide bonds. The van der Waals surface area contributed by atoms with E-state index in [0.29, 0.717) is 78.2 Å². The van der Waals surface area contributed by atoms with E-state index in [1.54, 1.807) is 60.2 Å². The van der Waals surface area contributed by atoms with E-state index in [9.17, 15) is 14.7 Å². The van der Waals surface area contributed by atoms with Crippen molar-refractivity contribution in [2.75, 3.05) is 52.5 Å². The smallest absolute Gasteiger partial charge is 0.257 e. The number of anilines is 1. The summed E-state index contributed by atoms with van der Waals surface area (Å²) in [7, 11) is 4.88. The first-order valence-corrected chi connectivity index (χ1v) is 15.3. The van der Waals surface area contributed by atoms with Crippen molar-refractivity contribution in [3.63, 3.8) is 0 Å². The summed E-state index contributed by atoms with van der Waals surface area (Å²) in [5.74, 6) is 1.78. The van der Waals surface area contributed by atoms with Crippen molar-refractivity contribution in [1.82, 2.24) is 9.80 Å². The summed E-state index contributed by atoms with van der Waals surface area (Å²) in [6.07, 6.45) is 4.63. The van der Waals surface area contributed by atoms with Crippen LogP contribution in [0.15, 0.2) is 53.6 Å². The number of methoxy groups -OCH3 is 2. The van der Waals surface area contributed by atoms with Gasteiger partial charge in [-0.1, -0.05) is 24.3 Å². The van der Waals surface area contributed by atoms with E-state index in [-0.39, 0.29) is 23.9 Å². The third-order valence-corrected chi connectivity index (χ3v) is 8.94. The fraction of sp³-hybridized carbons (Fsp3) is 0.441. The zero-order valence-electron chi connectivity index (χ0n) is 26.1. The molecule has 0 bridgehead atoms. The number of ether oxygens (including phenoxy) is 4. The van der Waals surface area contributed by atoms with Crippen molar-refractivity contribution < 1.29 is 33.6 Å². The minimum Gasteiger partial charge on any atom is -0.493 e. The Balaban J connectivity index is 1.04. The standard InChI is InChI=1S/C34H40N4O7/c1-20-11-22-17-35-25-15-30(28(42-4)13-23(25)32(39)37(22)18-20)44-9-7-6-8-10-45-31-16-26-24(14-29(31)43-5)33(40)38-19-21(2)12-27(38)34(41)36(26)3/h13-17,22,27,34,41H,1-2,6-12,18-19H2,3-5H3/t22?,27-,34-/m0/s1. The first-order chi connectivity index (χ1) is 21.7. The van der Waals surface area contributed by atoms with Gasteiger partial charge in [0.2, 0.25) is 0 Å². The number of carbonyl (C=O) groups is 2. The molecule has 0 saturated carbocycles. The Hall–Kier alpha value is -4.51. The van der Waals surface area contributed by atoms with Crippen LogP contribution < -0.4 is 23.8 Å². The normalized spacial score (nSPS) is 22.0. The van der Waals surface area contributed by atoms with Crippen LogP contribution in [0.1, 0.15) is 52.8 Å². The van der Waals surface area contributed by atoms with Crippen molar-refractivity contribution in [3.8, 4) is 23.0 Å². The molecule has 11 heteroatoms. The highest BCUT2D eigenvalue weighted by Gasteiger charge is 2.42. The number of aliphatic hydroxyl groups excluding tert-OH is 1. The maximum Gasteiger partial charge on any atom is 0.257 e. The largest absolute Gasteiger partial charge is 0.493 e. The molecule has 0 radical (unpaired) electrons. The number of nitrogens with zero attached hydrogens (tertiary/aromatic N) is 4. The number of likely N-dealkylation sites (N-methyl/N-ethyl adjacent to an activating group) is 1. The molecule has 1 unspecified atom stereocenters. The molecule has 6 rings (SSSR count). The maximum atomic E-state index is 13.4. The maximum absolute atomic E-state index is 13.4. The van der Waals surface area contributed by atoms with Gasteiger partial charge in [-0.15, -0.1) is 0 Å². The van der Waals surface area contributed by atoms with Crippen molar-refractivity contribution in [1.29, 1.82) is 0 Å². The van der Waals surface area contributed by atoms with Crippen LogP contribution in [0.5, 0.6) is 23.0 Å². The average Bonchev–Trinajstić information content (AvgIpc) is 3.58. The second-order valence-corrected chi connectivity index (χ2v) is 12.0. The highest BCUT2D eigenvalue weighted by molar-refractivity contribution is 6.04. The molecule has 0 spiro atoms. The molecule has 4 aliphatic rings. The van der Waals surface area contributed by atoms with Gasteiger partial charge in [-0.3, -0.25) is 14.6 Å². The summed E-state index contributed by atoms with van der Waals surface area (Å²) in [5.41, 5.74) is 4.08. The molecule has 238 valence electrons. The lowest BCUT2D eigenvalue weighted by Crippen LogP contribution is -2.47. The Bertz CT molecular complexity index is 1570. The summed E-state index contributed by atoms with van der Waals surface area (Å²) >= 11 is 0. The Kier molecular flexibility index (Phi) is 8.46. The summed E-state index contributed by atoms with van der Waals surface area (Å²) in [4.78, 5) is 36.4. The molecule has 0 aromatic heterocycles. The summed E-state index contributed by atoms with van der Waals surface area (Å²) in [5, 5.41) is 11.0. The van der Waals surface area contributed by atoms with Crippen molar-refractivity contribution in [2.24, 2.45) is 4.99 Å². The number of hydrogen-bond acceptors (Lipinski definition) is 9. The number of fused-ring (bicyclic) bond motifs is 4. The number of aliphatic hydroxyl groups is 1. The van der Waals surface area contributed by atoms with E-state index >= 15 is 0 Å². The van der Waals surface area contributed by atoms with E-state index in [0.717, 1.165) is 36.8 Å². The number of aliphatic imine (C=N–C) groups is 1. The van der Waals surface area contributed by atoms with Crippen LogP contribution in [0, 0.1) is 0 Å². The number of carbonyl (C=O) groups excluding carboxylic acids is 2. The molecule has 4 heterocycles. The average molecular weight is 617 g/mol. The second kappa shape index (κ2) is 12.5. The lowest BCUT2D eigenvalue weighted by molar-refractivity contribution is 0.0527. The van der Waals surface area contributed by atoms with Crippen molar-refractivity contribution >= 4 is 29.4 Å². The quantitative estimate of drug-likeness (QED) is 0.310. The van der Waals surface area contributed by atoms with Gasteiger partial charge in [0.25, 0.3) is 11.8 Å². The molecule has 2 saturated heterocycles. The molecule has 45 heavy (non-hydrogen) atoms. The Morgan fingerprint density at radius 1 is 0.822 bits per heavy atom. The van der Waals surface area contributed by atoms with Crippen LogP contribution in [0.4, 0.5) is 11.4 Å². The van der Waals surface area contributed by atoms with E-state index < -0.39 is 6.23 Å². The van der Waals surface area contributed by atoms with Crippen LogP contribution in [0.2, 0.25) is 0 Å². The van der Waals surface area contributed by atoms with Gasteiger partial charge in [-0.05, 0) is 44.2 Å². The van der Waals surface area contributed by atoms with Gasteiger partial charge in [0, 0.05) is 38.5 Å². The highest BCUT2D eigenvalue weighted by atomic mass is 16.5. The molecule has 11 nitrogen and oxygen atoms in total. The van der Waals surface area contributed by atoms with E-state index in [1.807, 2.05) is 6.21 Å². The highest BCUT2D eigenvalue weighted by Crippen LogP contribution is 2.41.